The molecule has 2 fully saturated rings. The van der Waals surface area contributed by atoms with E-state index in [-0.39, 0.29) is 0 Å². The first-order valence-electron chi connectivity index (χ1n) is 5.00. The molecule has 0 aromatic rings. The van der Waals surface area contributed by atoms with Crippen molar-refractivity contribution in [2.45, 2.75) is 55.8 Å². The molecule has 2 unspecified atom stereocenters. The summed E-state index contributed by atoms with van der Waals surface area (Å²) in [7, 11) is -1.40. The van der Waals surface area contributed by atoms with Gasteiger partial charge in [-0.25, -0.2) is 8.78 Å². The Bertz CT molecular complexity index is 154. The Hall–Kier alpha value is 0.0769. The standard InChI is InChI=1S/C9H16F2Si/c10-8-6-12(7-9(8)11)4-2-1-3-5-12/h8-9H,1-7H2. The lowest BCUT2D eigenvalue weighted by molar-refractivity contribution is 0.213. The molecular formula is C9H16F2Si. The van der Waals surface area contributed by atoms with Crippen LogP contribution in [0.5, 0.6) is 0 Å². The second-order valence-corrected chi connectivity index (χ2v) is 9.32. The molecule has 2 atom stereocenters. The highest BCUT2D eigenvalue weighted by molar-refractivity contribution is 6.81. The molecule has 0 saturated carbocycles. The lowest BCUT2D eigenvalue weighted by Gasteiger charge is -2.30. The molecule has 0 aromatic carbocycles. The molecule has 12 heavy (non-hydrogen) atoms. The Balaban J connectivity index is 2.02. The largest absolute Gasteiger partial charge is 0.245 e. The molecule has 2 rings (SSSR count). The Labute approximate surface area is 73.4 Å². The number of rotatable bonds is 0. The van der Waals surface area contributed by atoms with Crippen LogP contribution in [0.3, 0.4) is 0 Å². The van der Waals surface area contributed by atoms with E-state index in [9.17, 15) is 8.78 Å². The average molecular weight is 190 g/mol. The van der Waals surface area contributed by atoms with E-state index in [2.05, 4.69) is 0 Å². The minimum atomic E-state index is -1.40. The zero-order chi connectivity index (χ0) is 8.60. The van der Waals surface area contributed by atoms with E-state index in [4.69, 9.17) is 0 Å². The van der Waals surface area contributed by atoms with Crippen LogP contribution >= 0.6 is 0 Å². The van der Waals surface area contributed by atoms with Crippen LogP contribution in [0.2, 0.25) is 24.2 Å². The highest BCUT2D eigenvalue weighted by atomic mass is 28.3. The third-order valence-corrected chi connectivity index (χ3v) is 8.90. The third kappa shape index (κ3) is 1.43. The van der Waals surface area contributed by atoms with Gasteiger partial charge in [0, 0.05) is 0 Å². The van der Waals surface area contributed by atoms with Gasteiger partial charge < -0.3 is 0 Å². The molecule has 0 nitrogen and oxygen atoms in total. The highest BCUT2D eigenvalue weighted by Crippen LogP contribution is 2.44. The average Bonchev–Trinajstić information content (AvgIpc) is 2.29. The van der Waals surface area contributed by atoms with Crippen molar-refractivity contribution in [1.29, 1.82) is 0 Å². The van der Waals surface area contributed by atoms with E-state index >= 15 is 0 Å². The first-order chi connectivity index (χ1) is 5.72. The first-order valence-corrected chi connectivity index (χ1v) is 7.83. The van der Waals surface area contributed by atoms with Gasteiger partial charge in [0.15, 0.2) is 0 Å². The molecule has 0 bridgehead atoms. The molecule has 0 N–H and O–H groups in total. The molecular weight excluding hydrogens is 174 g/mol. The number of halogens is 2. The SMILES string of the molecule is FC1C[Si]2(CCCCC2)CC1F. The van der Waals surface area contributed by atoms with E-state index < -0.39 is 20.4 Å². The lowest BCUT2D eigenvalue weighted by Crippen LogP contribution is -2.33. The van der Waals surface area contributed by atoms with Crippen molar-refractivity contribution in [3.63, 3.8) is 0 Å². The van der Waals surface area contributed by atoms with E-state index in [0.717, 1.165) is 0 Å². The molecule has 2 aliphatic heterocycles. The molecule has 0 amide bonds. The fourth-order valence-corrected chi connectivity index (χ4v) is 8.28. The molecule has 0 radical (unpaired) electrons. The zero-order valence-electron chi connectivity index (χ0n) is 7.36. The van der Waals surface area contributed by atoms with Gasteiger partial charge in [0.05, 0.1) is 8.07 Å². The maximum absolute atomic E-state index is 13.0. The van der Waals surface area contributed by atoms with E-state index in [1.54, 1.807) is 0 Å². The fourth-order valence-electron chi connectivity index (χ4n) is 2.88. The highest BCUT2D eigenvalue weighted by Gasteiger charge is 2.47. The van der Waals surface area contributed by atoms with Crippen molar-refractivity contribution in [2.24, 2.45) is 0 Å². The van der Waals surface area contributed by atoms with Crippen LogP contribution in [-0.2, 0) is 0 Å². The van der Waals surface area contributed by atoms with Gasteiger partial charge in [0.2, 0.25) is 0 Å². The van der Waals surface area contributed by atoms with E-state index in [1.165, 1.54) is 31.4 Å². The summed E-state index contributed by atoms with van der Waals surface area (Å²) in [6.45, 7) is 0. The number of hydrogen-bond donors (Lipinski definition) is 0. The summed E-state index contributed by atoms with van der Waals surface area (Å²) in [6.07, 6.45) is 1.57. The van der Waals surface area contributed by atoms with Crippen molar-refractivity contribution in [2.75, 3.05) is 0 Å². The molecule has 2 heterocycles. The minimum absolute atomic E-state index is 0.633. The van der Waals surface area contributed by atoms with Crippen molar-refractivity contribution < 1.29 is 8.78 Å². The van der Waals surface area contributed by atoms with Crippen LogP contribution in [0.15, 0.2) is 0 Å². The van der Waals surface area contributed by atoms with Crippen LogP contribution in [0.25, 0.3) is 0 Å². The zero-order valence-corrected chi connectivity index (χ0v) is 8.36. The third-order valence-electron chi connectivity index (χ3n) is 3.56. The summed E-state index contributed by atoms with van der Waals surface area (Å²) in [6, 6.07) is 3.67. The van der Waals surface area contributed by atoms with Gasteiger partial charge in [-0.2, -0.15) is 0 Å². The fraction of sp³-hybridized carbons (Fsp3) is 1.00. The van der Waals surface area contributed by atoms with Gasteiger partial charge in [-0.1, -0.05) is 31.4 Å². The van der Waals surface area contributed by atoms with Crippen LogP contribution in [-0.4, -0.2) is 20.4 Å². The molecule has 0 aromatic heterocycles. The van der Waals surface area contributed by atoms with Gasteiger partial charge in [-0.05, 0) is 12.1 Å². The summed E-state index contributed by atoms with van der Waals surface area (Å²) in [5.74, 6) is 0. The number of hydrogen-bond acceptors (Lipinski definition) is 0. The smallest absolute Gasteiger partial charge is 0.129 e. The predicted octanol–water partition coefficient (Wildman–Crippen LogP) is 3.31. The van der Waals surface area contributed by atoms with Crippen molar-refractivity contribution in [3.05, 3.63) is 0 Å². The summed E-state index contributed by atoms with van der Waals surface area (Å²) >= 11 is 0. The molecule has 1 spiro atoms. The molecule has 70 valence electrons. The summed E-state index contributed by atoms with van der Waals surface area (Å²) < 4.78 is 26.0. The van der Waals surface area contributed by atoms with Crippen LogP contribution in [0, 0.1) is 0 Å². The Morgan fingerprint density at radius 1 is 0.833 bits per heavy atom. The van der Waals surface area contributed by atoms with Crippen molar-refractivity contribution in [3.8, 4) is 0 Å². The summed E-state index contributed by atoms with van der Waals surface area (Å²) in [5.41, 5.74) is 0. The topological polar surface area (TPSA) is 0 Å². The monoisotopic (exact) mass is 190 g/mol. The molecule has 2 aliphatic rings. The molecule has 3 heteroatoms. The van der Waals surface area contributed by atoms with Crippen LogP contribution in [0.1, 0.15) is 19.3 Å². The quantitative estimate of drug-likeness (QED) is 0.514. The normalized spacial score (nSPS) is 40.5. The lowest BCUT2D eigenvalue weighted by atomic mass is 10.3. The van der Waals surface area contributed by atoms with E-state index in [0.29, 0.717) is 12.1 Å². The molecule has 2 saturated heterocycles. The summed E-state index contributed by atoms with van der Waals surface area (Å²) in [5, 5.41) is 0. The van der Waals surface area contributed by atoms with Gasteiger partial charge >= 0.3 is 0 Å². The maximum atomic E-state index is 13.0. The van der Waals surface area contributed by atoms with Crippen molar-refractivity contribution in [1.82, 2.24) is 0 Å². The first kappa shape index (κ1) is 8.67. The Morgan fingerprint density at radius 2 is 1.33 bits per heavy atom. The maximum Gasteiger partial charge on any atom is 0.129 e. The van der Waals surface area contributed by atoms with Gasteiger partial charge in [0.25, 0.3) is 0 Å². The Kier molecular flexibility index (Phi) is 2.23. The Morgan fingerprint density at radius 3 is 1.83 bits per heavy atom. The van der Waals surface area contributed by atoms with Crippen LogP contribution < -0.4 is 0 Å². The summed E-state index contributed by atoms with van der Waals surface area (Å²) in [4.78, 5) is 0. The minimum Gasteiger partial charge on any atom is -0.245 e. The van der Waals surface area contributed by atoms with Gasteiger partial charge in [-0.3, -0.25) is 0 Å². The second kappa shape index (κ2) is 3.09. The second-order valence-electron chi connectivity index (χ2n) is 4.50. The molecule has 0 aliphatic carbocycles. The van der Waals surface area contributed by atoms with Gasteiger partial charge in [0.1, 0.15) is 12.3 Å². The number of alkyl halides is 2. The van der Waals surface area contributed by atoms with Crippen LogP contribution in [0.4, 0.5) is 8.78 Å². The van der Waals surface area contributed by atoms with Gasteiger partial charge in [-0.15, -0.1) is 0 Å². The van der Waals surface area contributed by atoms with Crippen molar-refractivity contribution >= 4 is 8.07 Å². The van der Waals surface area contributed by atoms with E-state index in [1.807, 2.05) is 0 Å². The predicted molar refractivity (Wildman–Crippen MR) is 48.6 cm³/mol.